The fraction of sp³-hybridized carbons (Fsp3) is 0.600. The molecule has 0 heterocycles. The van der Waals surface area contributed by atoms with Crippen LogP contribution in [0.15, 0.2) is 30.3 Å². The van der Waals surface area contributed by atoms with E-state index in [0.717, 1.165) is 16.9 Å². The van der Waals surface area contributed by atoms with Gasteiger partial charge in [-0.3, -0.25) is 0 Å². The van der Waals surface area contributed by atoms with E-state index in [4.69, 9.17) is 11.6 Å². The Balaban J connectivity index is 0.000000181. The topological polar surface area (TPSA) is 12.0 Å². The van der Waals surface area contributed by atoms with Gasteiger partial charge in [-0.1, -0.05) is 49.6 Å². The molecule has 1 fully saturated rings. The van der Waals surface area contributed by atoms with Crippen LogP contribution in [0.3, 0.4) is 0 Å². The summed E-state index contributed by atoms with van der Waals surface area (Å²) in [5, 5.41) is 4.05. The summed E-state index contributed by atoms with van der Waals surface area (Å²) in [5.41, 5.74) is 0. The number of hydrogen-bond acceptors (Lipinski definition) is 1. The van der Waals surface area contributed by atoms with Crippen LogP contribution in [0.4, 0.5) is 0 Å². The van der Waals surface area contributed by atoms with Crippen LogP contribution in [-0.4, -0.2) is 13.6 Å². The molecule has 0 radical (unpaired) electrons. The molecular weight excluding hydrogens is 230 g/mol. The molecule has 1 aromatic rings. The van der Waals surface area contributed by atoms with Gasteiger partial charge in [0.25, 0.3) is 0 Å². The van der Waals surface area contributed by atoms with Crippen LogP contribution in [0.1, 0.15) is 32.6 Å². The molecule has 0 atom stereocenters. The van der Waals surface area contributed by atoms with E-state index >= 15 is 0 Å². The van der Waals surface area contributed by atoms with Crippen molar-refractivity contribution in [2.24, 2.45) is 11.8 Å². The van der Waals surface area contributed by atoms with Crippen molar-refractivity contribution >= 4 is 11.6 Å². The van der Waals surface area contributed by atoms with Gasteiger partial charge in [0, 0.05) is 5.02 Å². The summed E-state index contributed by atoms with van der Waals surface area (Å²) in [4.78, 5) is 0. The van der Waals surface area contributed by atoms with Crippen molar-refractivity contribution in [3.8, 4) is 0 Å². The predicted molar refractivity (Wildman–Crippen MR) is 76.5 cm³/mol. The van der Waals surface area contributed by atoms with Crippen LogP contribution in [-0.2, 0) is 0 Å². The predicted octanol–water partition coefficient (Wildman–Crippen LogP) is 4.37. The normalized spacial score (nSPS) is 23.7. The summed E-state index contributed by atoms with van der Waals surface area (Å²) >= 11 is 5.54. The number of benzene rings is 1. The van der Waals surface area contributed by atoms with Crippen molar-refractivity contribution in [1.29, 1.82) is 0 Å². The van der Waals surface area contributed by atoms with Gasteiger partial charge in [-0.2, -0.15) is 0 Å². The molecule has 2 rings (SSSR count). The van der Waals surface area contributed by atoms with Crippen LogP contribution in [0.25, 0.3) is 0 Å². The zero-order valence-corrected chi connectivity index (χ0v) is 11.7. The molecule has 0 spiro atoms. The van der Waals surface area contributed by atoms with E-state index in [9.17, 15) is 0 Å². The van der Waals surface area contributed by atoms with Gasteiger partial charge in [-0.15, -0.1) is 0 Å². The number of nitrogens with one attached hydrogen (secondary N) is 1. The van der Waals surface area contributed by atoms with Gasteiger partial charge in [-0.25, -0.2) is 0 Å². The van der Waals surface area contributed by atoms with E-state index in [-0.39, 0.29) is 0 Å². The lowest BCUT2D eigenvalue weighted by atomic mass is 9.83. The van der Waals surface area contributed by atoms with Crippen molar-refractivity contribution in [3.05, 3.63) is 35.4 Å². The highest BCUT2D eigenvalue weighted by molar-refractivity contribution is 6.30. The Morgan fingerprint density at radius 2 is 1.71 bits per heavy atom. The zero-order valence-electron chi connectivity index (χ0n) is 11.0. The van der Waals surface area contributed by atoms with Gasteiger partial charge in [0.2, 0.25) is 0 Å². The standard InChI is InChI=1S/C9H19N.C6H5Cl/c1-8-3-5-9(6-4-8)7-10-2;7-6-4-2-1-3-5-6/h8-10H,3-7H2,1-2H3;1-5H. The van der Waals surface area contributed by atoms with Gasteiger partial charge < -0.3 is 5.32 Å². The van der Waals surface area contributed by atoms with Crippen LogP contribution >= 0.6 is 11.6 Å². The van der Waals surface area contributed by atoms with E-state index in [1.807, 2.05) is 30.3 Å². The van der Waals surface area contributed by atoms with Crippen LogP contribution in [0.2, 0.25) is 5.02 Å². The third-order valence-corrected chi connectivity index (χ3v) is 3.61. The van der Waals surface area contributed by atoms with Crippen molar-refractivity contribution in [1.82, 2.24) is 5.32 Å². The monoisotopic (exact) mass is 253 g/mol. The minimum Gasteiger partial charge on any atom is -0.319 e. The molecule has 1 N–H and O–H groups in total. The molecule has 0 saturated heterocycles. The minimum atomic E-state index is 0.794. The third-order valence-electron chi connectivity index (χ3n) is 3.36. The van der Waals surface area contributed by atoms with E-state index in [1.54, 1.807) is 0 Å². The lowest BCUT2D eigenvalue weighted by Gasteiger charge is -2.25. The first kappa shape index (κ1) is 14.5. The second kappa shape index (κ2) is 8.54. The highest BCUT2D eigenvalue weighted by Crippen LogP contribution is 2.27. The first-order valence-electron chi connectivity index (χ1n) is 6.57. The van der Waals surface area contributed by atoms with E-state index < -0.39 is 0 Å². The lowest BCUT2D eigenvalue weighted by molar-refractivity contribution is 0.286. The molecule has 0 unspecified atom stereocenters. The van der Waals surface area contributed by atoms with Gasteiger partial charge >= 0.3 is 0 Å². The molecule has 96 valence electrons. The second-order valence-corrected chi connectivity index (χ2v) is 5.42. The summed E-state index contributed by atoms with van der Waals surface area (Å²) in [7, 11) is 2.05. The molecular formula is C15H24ClN. The Morgan fingerprint density at radius 1 is 1.12 bits per heavy atom. The molecule has 1 saturated carbocycles. The number of rotatable bonds is 2. The largest absolute Gasteiger partial charge is 0.319 e. The minimum absolute atomic E-state index is 0.794. The van der Waals surface area contributed by atoms with E-state index in [0.29, 0.717) is 0 Å². The molecule has 1 aliphatic rings. The summed E-state index contributed by atoms with van der Waals surface area (Å²) < 4.78 is 0. The Kier molecular flexibility index (Phi) is 7.30. The zero-order chi connectivity index (χ0) is 12.5. The van der Waals surface area contributed by atoms with Crippen LogP contribution in [0.5, 0.6) is 0 Å². The van der Waals surface area contributed by atoms with Crippen molar-refractivity contribution in [2.45, 2.75) is 32.6 Å². The highest BCUT2D eigenvalue weighted by atomic mass is 35.5. The van der Waals surface area contributed by atoms with Crippen LogP contribution < -0.4 is 5.32 Å². The summed E-state index contributed by atoms with van der Waals surface area (Å²) in [5.74, 6) is 1.97. The molecule has 0 amide bonds. The van der Waals surface area contributed by atoms with E-state index in [2.05, 4.69) is 19.3 Å². The maximum atomic E-state index is 5.54. The Morgan fingerprint density at radius 3 is 2.12 bits per heavy atom. The highest BCUT2D eigenvalue weighted by Gasteiger charge is 2.16. The van der Waals surface area contributed by atoms with Crippen molar-refractivity contribution in [3.63, 3.8) is 0 Å². The first-order chi connectivity index (χ1) is 8.22. The molecule has 0 bridgehead atoms. The van der Waals surface area contributed by atoms with Gasteiger partial charge in [-0.05, 0) is 50.4 Å². The van der Waals surface area contributed by atoms with Crippen LogP contribution in [0, 0.1) is 11.8 Å². The summed E-state index contributed by atoms with van der Waals surface area (Å²) in [6, 6.07) is 9.44. The molecule has 1 nitrogen and oxygen atoms in total. The molecule has 0 aliphatic heterocycles. The Labute approximate surface area is 111 Å². The molecule has 2 heteroatoms. The fourth-order valence-electron chi connectivity index (χ4n) is 2.24. The summed E-state index contributed by atoms with van der Waals surface area (Å²) in [6.07, 6.45) is 5.79. The van der Waals surface area contributed by atoms with Crippen molar-refractivity contribution in [2.75, 3.05) is 13.6 Å². The maximum Gasteiger partial charge on any atom is 0.0405 e. The van der Waals surface area contributed by atoms with Crippen molar-refractivity contribution < 1.29 is 0 Å². The smallest absolute Gasteiger partial charge is 0.0405 e. The van der Waals surface area contributed by atoms with E-state index in [1.165, 1.54) is 32.2 Å². The fourth-order valence-corrected chi connectivity index (χ4v) is 2.38. The molecule has 0 aromatic heterocycles. The molecule has 1 aromatic carbocycles. The van der Waals surface area contributed by atoms with Gasteiger partial charge in [0.15, 0.2) is 0 Å². The quantitative estimate of drug-likeness (QED) is 0.825. The second-order valence-electron chi connectivity index (χ2n) is 4.98. The number of halogens is 1. The molecule has 17 heavy (non-hydrogen) atoms. The SMILES string of the molecule is CNCC1CCC(C)CC1.Clc1ccccc1. The Bertz CT molecular complexity index is 278. The summed E-state index contributed by atoms with van der Waals surface area (Å²) in [6.45, 7) is 3.60. The van der Waals surface area contributed by atoms with Gasteiger partial charge in [0.05, 0.1) is 0 Å². The number of hydrogen-bond donors (Lipinski definition) is 1. The van der Waals surface area contributed by atoms with Gasteiger partial charge in [0.1, 0.15) is 0 Å². The lowest BCUT2D eigenvalue weighted by Crippen LogP contribution is -2.22. The maximum absolute atomic E-state index is 5.54. The average Bonchev–Trinajstić information content (AvgIpc) is 2.34. The molecule has 1 aliphatic carbocycles. The average molecular weight is 254 g/mol. The Hall–Kier alpha value is -0.530. The third kappa shape index (κ3) is 6.70. The first-order valence-corrected chi connectivity index (χ1v) is 6.95.